The molecule has 0 saturated carbocycles. The maximum absolute atomic E-state index is 13.3. The number of aromatic nitrogens is 2. The smallest absolute Gasteiger partial charge is 0.197 e. The van der Waals surface area contributed by atoms with Crippen molar-refractivity contribution >= 4 is 43.6 Å². The molecule has 3 aromatic carbocycles. The van der Waals surface area contributed by atoms with Gasteiger partial charge in [0.2, 0.25) is 0 Å². The van der Waals surface area contributed by atoms with E-state index < -0.39 is 0 Å². The summed E-state index contributed by atoms with van der Waals surface area (Å²) in [7, 11) is 0. The number of pyridine rings is 2. The van der Waals surface area contributed by atoms with Crippen molar-refractivity contribution in [2.75, 3.05) is 0 Å². The molecule has 0 atom stereocenters. The number of hydrogen-bond donors (Lipinski definition) is 3. The van der Waals surface area contributed by atoms with Crippen molar-refractivity contribution in [1.82, 2.24) is 9.97 Å². The number of nitrogens with two attached hydrogens (primary N) is 1. The molecular formula is C23H19N3O2. The predicted octanol–water partition coefficient (Wildman–Crippen LogP) is 3.75. The second-order valence-corrected chi connectivity index (χ2v) is 7.31. The number of hydrogen-bond acceptors (Lipinski definition) is 3. The van der Waals surface area contributed by atoms with Gasteiger partial charge in [-0.15, -0.1) is 0 Å². The number of aryl methyl sites for hydroxylation is 1. The number of aromatic amines is 2. The maximum Gasteiger partial charge on any atom is 0.197 e. The highest BCUT2D eigenvalue weighted by Crippen LogP contribution is 2.25. The van der Waals surface area contributed by atoms with Crippen LogP contribution in [0.1, 0.15) is 16.7 Å². The zero-order chi connectivity index (χ0) is 19.6. The molecule has 5 nitrogen and oxygen atoms in total. The van der Waals surface area contributed by atoms with Crippen LogP contribution in [-0.2, 0) is 6.54 Å². The fraction of sp³-hybridized carbons (Fsp3) is 0.130. The van der Waals surface area contributed by atoms with Crippen LogP contribution in [0.3, 0.4) is 0 Å². The van der Waals surface area contributed by atoms with Crippen molar-refractivity contribution in [1.29, 1.82) is 0 Å². The number of nitrogens with one attached hydrogen (secondary N) is 2. The molecule has 2 aromatic heterocycles. The number of benzene rings is 3. The SMILES string of the molecule is Cc1c(CN)cc2[nH]c3cc4c(=O)c5ccccc5[nH]c4cc3c(=O)c2c1C. The normalized spacial score (nSPS) is 11.8. The van der Waals surface area contributed by atoms with Crippen molar-refractivity contribution in [3.63, 3.8) is 0 Å². The summed E-state index contributed by atoms with van der Waals surface area (Å²) in [6.45, 7) is 4.35. The van der Waals surface area contributed by atoms with Crippen LogP contribution >= 0.6 is 0 Å². The number of H-pyrrole nitrogens is 2. The Hall–Kier alpha value is -3.44. The standard InChI is InChI=1S/C23H19N3O2/c1-11-12(2)21-20(7-13(11)10-24)26-19-8-15-18(9-16(19)23(21)28)25-17-6-4-3-5-14(17)22(15)27/h3-9H,10,24H2,1-2H3,(H,25,27)(H,26,28). The summed E-state index contributed by atoms with van der Waals surface area (Å²) in [5.74, 6) is 0. The van der Waals surface area contributed by atoms with Gasteiger partial charge in [-0.25, -0.2) is 0 Å². The average molecular weight is 369 g/mol. The molecule has 4 N–H and O–H groups in total. The van der Waals surface area contributed by atoms with Crippen LogP contribution in [-0.4, -0.2) is 9.97 Å². The van der Waals surface area contributed by atoms with Gasteiger partial charge >= 0.3 is 0 Å². The predicted molar refractivity (Wildman–Crippen MR) is 115 cm³/mol. The summed E-state index contributed by atoms with van der Waals surface area (Å²) in [5, 5.41) is 2.43. The van der Waals surface area contributed by atoms with Crippen molar-refractivity contribution in [3.05, 3.63) is 79.6 Å². The van der Waals surface area contributed by atoms with E-state index >= 15 is 0 Å². The molecule has 0 aliphatic heterocycles. The van der Waals surface area contributed by atoms with Gasteiger partial charge in [-0.1, -0.05) is 12.1 Å². The van der Waals surface area contributed by atoms with E-state index in [1.807, 2.05) is 38.1 Å². The molecular weight excluding hydrogens is 350 g/mol. The fourth-order valence-corrected chi connectivity index (χ4v) is 4.13. The molecule has 0 aliphatic carbocycles. The summed E-state index contributed by atoms with van der Waals surface area (Å²) in [5.41, 5.74) is 11.6. The third kappa shape index (κ3) is 2.17. The molecule has 5 heteroatoms. The number of fused-ring (bicyclic) bond motifs is 4. The Morgan fingerprint density at radius 1 is 0.750 bits per heavy atom. The zero-order valence-corrected chi connectivity index (χ0v) is 15.6. The second kappa shape index (κ2) is 5.78. The first kappa shape index (κ1) is 16.7. The lowest BCUT2D eigenvalue weighted by Crippen LogP contribution is -2.11. The quantitative estimate of drug-likeness (QED) is 0.393. The molecule has 5 aromatic rings. The molecule has 28 heavy (non-hydrogen) atoms. The minimum absolute atomic E-state index is 0.0381. The van der Waals surface area contributed by atoms with Crippen LogP contribution in [0.4, 0.5) is 0 Å². The first-order valence-corrected chi connectivity index (χ1v) is 9.23. The largest absolute Gasteiger partial charge is 0.354 e. The van der Waals surface area contributed by atoms with E-state index in [1.165, 1.54) is 0 Å². The highest BCUT2D eigenvalue weighted by Gasteiger charge is 2.14. The van der Waals surface area contributed by atoms with Crippen LogP contribution in [0.25, 0.3) is 43.6 Å². The molecule has 0 amide bonds. The van der Waals surface area contributed by atoms with Gasteiger partial charge in [0.25, 0.3) is 0 Å². The van der Waals surface area contributed by atoms with Crippen molar-refractivity contribution < 1.29 is 0 Å². The molecule has 5 rings (SSSR count). The molecule has 0 radical (unpaired) electrons. The fourth-order valence-electron chi connectivity index (χ4n) is 4.13. The Bertz CT molecular complexity index is 1560. The third-order valence-corrected chi connectivity index (χ3v) is 5.81. The number of rotatable bonds is 1. The molecule has 0 spiro atoms. The van der Waals surface area contributed by atoms with E-state index in [0.717, 1.165) is 27.7 Å². The van der Waals surface area contributed by atoms with Gasteiger partial charge < -0.3 is 15.7 Å². The van der Waals surface area contributed by atoms with Gasteiger partial charge in [0, 0.05) is 33.6 Å². The summed E-state index contributed by atoms with van der Waals surface area (Å²) in [6.07, 6.45) is 0. The average Bonchev–Trinajstić information content (AvgIpc) is 2.70. The first-order valence-electron chi connectivity index (χ1n) is 9.23. The van der Waals surface area contributed by atoms with E-state index in [2.05, 4.69) is 9.97 Å². The highest BCUT2D eigenvalue weighted by molar-refractivity contribution is 6.03. The third-order valence-electron chi connectivity index (χ3n) is 5.81. The lowest BCUT2D eigenvalue weighted by Gasteiger charge is -2.12. The Labute approximate surface area is 159 Å². The van der Waals surface area contributed by atoms with Crippen LogP contribution in [0, 0.1) is 13.8 Å². The summed E-state index contributed by atoms with van der Waals surface area (Å²) < 4.78 is 0. The van der Waals surface area contributed by atoms with Crippen molar-refractivity contribution in [3.8, 4) is 0 Å². The van der Waals surface area contributed by atoms with Crippen LogP contribution in [0.2, 0.25) is 0 Å². The van der Waals surface area contributed by atoms with E-state index in [-0.39, 0.29) is 10.9 Å². The number of para-hydroxylation sites is 1. The van der Waals surface area contributed by atoms with E-state index in [0.29, 0.717) is 39.1 Å². The van der Waals surface area contributed by atoms with E-state index in [4.69, 9.17) is 5.73 Å². The van der Waals surface area contributed by atoms with Crippen LogP contribution < -0.4 is 16.6 Å². The molecule has 0 unspecified atom stereocenters. The second-order valence-electron chi connectivity index (χ2n) is 7.31. The van der Waals surface area contributed by atoms with Crippen LogP contribution in [0.15, 0.2) is 52.1 Å². The van der Waals surface area contributed by atoms with E-state index in [1.54, 1.807) is 18.2 Å². The van der Waals surface area contributed by atoms with Crippen molar-refractivity contribution in [2.45, 2.75) is 20.4 Å². The topological polar surface area (TPSA) is 91.7 Å². The van der Waals surface area contributed by atoms with Gasteiger partial charge in [0.15, 0.2) is 10.9 Å². The zero-order valence-electron chi connectivity index (χ0n) is 15.6. The monoisotopic (exact) mass is 369 g/mol. The molecule has 138 valence electrons. The Morgan fingerprint density at radius 2 is 1.39 bits per heavy atom. The summed E-state index contributed by atoms with van der Waals surface area (Å²) in [4.78, 5) is 32.9. The summed E-state index contributed by atoms with van der Waals surface area (Å²) in [6, 6.07) is 12.9. The van der Waals surface area contributed by atoms with Gasteiger partial charge in [-0.3, -0.25) is 9.59 Å². The van der Waals surface area contributed by atoms with Gasteiger partial charge in [0.05, 0.1) is 16.6 Å². The summed E-state index contributed by atoms with van der Waals surface area (Å²) >= 11 is 0. The molecule has 0 saturated heterocycles. The lowest BCUT2D eigenvalue weighted by atomic mass is 9.96. The first-order chi connectivity index (χ1) is 13.5. The Kier molecular flexibility index (Phi) is 3.45. The van der Waals surface area contributed by atoms with Gasteiger partial charge in [0.1, 0.15) is 0 Å². The minimum Gasteiger partial charge on any atom is -0.354 e. The van der Waals surface area contributed by atoms with Crippen LogP contribution in [0.5, 0.6) is 0 Å². The van der Waals surface area contributed by atoms with Crippen molar-refractivity contribution in [2.24, 2.45) is 5.73 Å². The molecule has 2 heterocycles. The Morgan fingerprint density at radius 3 is 2.11 bits per heavy atom. The Balaban J connectivity index is 2.00. The van der Waals surface area contributed by atoms with E-state index in [9.17, 15) is 9.59 Å². The van der Waals surface area contributed by atoms with Gasteiger partial charge in [-0.05, 0) is 60.9 Å². The lowest BCUT2D eigenvalue weighted by molar-refractivity contribution is 1.04. The molecule has 0 aliphatic rings. The highest BCUT2D eigenvalue weighted by atomic mass is 16.1. The maximum atomic E-state index is 13.3. The molecule has 0 bridgehead atoms. The molecule has 0 fully saturated rings. The van der Waals surface area contributed by atoms with Gasteiger partial charge in [-0.2, -0.15) is 0 Å². The minimum atomic E-state index is -0.0464.